The molecule has 1 aromatic carbocycles. The molecule has 5 heteroatoms. The molecule has 2 atom stereocenters. The second-order valence-electron chi connectivity index (χ2n) is 6.80. The molecular weight excluding hydrogens is 292 g/mol. The molecule has 0 bridgehead atoms. The summed E-state index contributed by atoms with van der Waals surface area (Å²) < 4.78 is 4.83. The normalized spacial score (nSPS) is 21.0. The van der Waals surface area contributed by atoms with Crippen LogP contribution in [0.2, 0.25) is 0 Å². The number of ether oxygens (including phenoxy) is 1. The van der Waals surface area contributed by atoms with Gasteiger partial charge < -0.3 is 15.8 Å². The van der Waals surface area contributed by atoms with Crippen LogP contribution in [0.15, 0.2) is 24.3 Å². The molecule has 1 fully saturated rings. The topological polar surface area (TPSA) is 81.4 Å². The summed E-state index contributed by atoms with van der Waals surface area (Å²) in [7, 11) is 1.38. The lowest BCUT2D eigenvalue weighted by Gasteiger charge is -2.22. The molecule has 0 aromatic heterocycles. The number of hydrogen-bond acceptors (Lipinski definition) is 4. The highest BCUT2D eigenvalue weighted by Gasteiger charge is 2.31. The van der Waals surface area contributed by atoms with Crippen LogP contribution in [-0.4, -0.2) is 25.0 Å². The Bertz CT molecular complexity index is 566. The van der Waals surface area contributed by atoms with Crippen LogP contribution in [0.1, 0.15) is 45.1 Å². The van der Waals surface area contributed by atoms with E-state index in [0.29, 0.717) is 6.42 Å². The highest BCUT2D eigenvalue weighted by molar-refractivity contribution is 5.91. The first kappa shape index (κ1) is 17.5. The number of benzene rings is 1. The van der Waals surface area contributed by atoms with Crippen molar-refractivity contribution < 1.29 is 14.3 Å². The van der Waals surface area contributed by atoms with Crippen LogP contribution in [-0.2, 0) is 19.7 Å². The van der Waals surface area contributed by atoms with Crippen LogP contribution >= 0.6 is 0 Å². The lowest BCUT2D eigenvalue weighted by atomic mass is 9.85. The molecule has 1 aromatic rings. The van der Waals surface area contributed by atoms with E-state index in [4.69, 9.17) is 10.5 Å². The first-order valence-corrected chi connectivity index (χ1v) is 8.09. The predicted molar refractivity (Wildman–Crippen MR) is 90.0 cm³/mol. The van der Waals surface area contributed by atoms with Crippen LogP contribution in [0.3, 0.4) is 0 Å². The molecule has 0 aliphatic heterocycles. The number of carbonyl (C=O) groups excluding carboxylic acids is 2. The molecule has 0 radical (unpaired) electrons. The lowest BCUT2D eigenvalue weighted by Crippen LogP contribution is -2.30. The van der Waals surface area contributed by atoms with Crippen molar-refractivity contribution in [1.82, 2.24) is 0 Å². The Hall–Kier alpha value is -1.88. The molecule has 1 amide bonds. The highest BCUT2D eigenvalue weighted by atomic mass is 16.5. The third kappa shape index (κ3) is 4.10. The number of nitrogens with one attached hydrogen (secondary N) is 1. The molecule has 1 aliphatic rings. The maximum atomic E-state index is 12.1. The Kier molecular flexibility index (Phi) is 5.42. The summed E-state index contributed by atoms with van der Waals surface area (Å²) in [5.74, 6) is -0.00985. The quantitative estimate of drug-likeness (QED) is 0.818. The monoisotopic (exact) mass is 318 g/mol. The van der Waals surface area contributed by atoms with E-state index in [1.54, 1.807) is 0 Å². The predicted octanol–water partition coefficient (Wildman–Crippen LogP) is 2.59. The second-order valence-corrected chi connectivity index (χ2v) is 6.80. The summed E-state index contributed by atoms with van der Waals surface area (Å²) in [4.78, 5) is 23.9. The standard InChI is InChI=1S/C18H26N2O3/c1-18(2,17(22)23-3)13-7-9-14(10-8-13)20-16(21)11-12-5-4-6-15(12)19/h7-10,12,15H,4-6,11,19H2,1-3H3,(H,20,21)/t12-,15+/m0/s1. The third-order valence-corrected chi connectivity index (χ3v) is 4.75. The van der Waals surface area contributed by atoms with Crippen LogP contribution in [0.5, 0.6) is 0 Å². The van der Waals surface area contributed by atoms with Gasteiger partial charge in [-0.25, -0.2) is 0 Å². The maximum Gasteiger partial charge on any atom is 0.315 e. The van der Waals surface area contributed by atoms with E-state index < -0.39 is 5.41 Å². The van der Waals surface area contributed by atoms with Crippen molar-refractivity contribution in [1.29, 1.82) is 0 Å². The fourth-order valence-corrected chi connectivity index (χ4v) is 3.11. The van der Waals surface area contributed by atoms with Gasteiger partial charge in [0, 0.05) is 18.2 Å². The van der Waals surface area contributed by atoms with E-state index in [2.05, 4.69) is 5.32 Å². The van der Waals surface area contributed by atoms with E-state index in [0.717, 1.165) is 30.5 Å². The van der Waals surface area contributed by atoms with Crippen LogP contribution in [0, 0.1) is 5.92 Å². The summed E-state index contributed by atoms with van der Waals surface area (Å²) in [5.41, 5.74) is 6.87. The van der Waals surface area contributed by atoms with Crippen LogP contribution < -0.4 is 11.1 Å². The Morgan fingerprint density at radius 1 is 1.26 bits per heavy atom. The van der Waals surface area contributed by atoms with Crippen molar-refractivity contribution in [3.8, 4) is 0 Å². The van der Waals surface area contributed by atoms with E-state index in [1.165, 1.54) is 7.11 Å². The van der Waals surface area contributed by atoms with E-state index in [1.807, 2.05) is 38.1 Å². The number of rotatable bonds is 5. The summed E-state index contributed by atoms with van der Waals surface area (Å²) in [6, 6.07) is 7.45. The molecular formula is C18H26N2O3. The zero-order chi connectivity index (χ0) is 17.0. The zero-order valence-corrected chi connectivity index (χ0v) is 14.1. The molecule has 23 heavy (non-hydrogen) atoms. The molecule has 3 N–H and O–H groups in total. The van der Waals surface area contributed by atoms with Gasteiger partial charge in [0.2, 0.25) is 5.91 Å². The van der Waals surface area contributed by atoms with Gasteiger partial charge in [-0.1, -0.05) is 18.6 Å². The van der Waals surface area contributed by atoms with E-state index in [9.17, 15) is 9.59 Å². The van der Waals surface area contributed by atoms with Gasteiger partial charge in [0.1, 0.15) is 0 Å². The minimum atomic E-state index is -0.714. The Morgan fingerprint density at radius 2 is 1.91 bits per heavy atom. The first-order valence-electron chi connectivity index (χ1n) is 8.09. The van der Waals surface area contributed by atoms with Crippen molar-refractivity contribution in [2.24, 2.45) is 11.7 Å². The molecule has 2 rings (SSSR count). The summed E-state index contributed by atoms with van der Waals surface area (Å²) >= 11 is 0. The fourth-order valence-electron chi connectivity index (χ4n) is 3.11. The summed E-state index contributed by atoms with van der Waals surface area (Å²) in [5, 5.41) is 2.90. The molecule has 1 saturated carbocycles. The number of amides is 1. The number of esters is 1. The number of carbonyl (C=O) groups is 2. The van der Waals surface area contributed by atoms with Gasteiger partial charge in [0.15, 0.2) is 0 Å². The average molecular weight is 318 g/mol. The number of methoxy groups -OCH3 is 1. The Balaban J connectivity index is 1.97. The van der Waals surface area contributed by atoms with Gasteiger partial charge in [-0.15, -0.1) is 0 Å². The molecule has 0 heterocycles. The Morgan fingerprint density at radius 3 is 2.43 bits per heavy atom. The van der Waals surface area contributed by atoms with Crippen molar-refractivity contribution >= 4 is 17.6 Å². The fraction of sp³-hybridized carbons (Fsp3) is 0.556. The molecule has 0 spiro atoms. The zero-order valence-electron chi connectivity index (χ0n) is 14.1. The third-order valence-electron chi connectivity index (χ3n) is 4.75. The number of anilines is 1. The Labute approximate surface area is 137 Å². The van der Waals surface area contributed by atoms with Crippen LogP contribution in [0.25, 0.3) is 0 Å². The van der Waals surface area contributed by atoms with Crippen molar-refractivity contribution in [3.05, 3.63) is 29.8 Å². The minimum Gasteiger partial charge on any atom is -0.468 e. The highest BCUT2D eigenvalue weighted by Crippen LogP contribution is 2.28. The lowest BCUT2D eigenvalue weighted by molar-refractivity contribution is -0.146. The number of hydrogen-bond donors (Lipinski definition) is 2. The van der Waals surface area contributed by atoms with Gasteiger partial charge in [-0.05, 0) is 50.3 Å². The van der Waals surface area contributed by atoms with E-state index >= 15 is 0 Å². The molecule has 126 valence electrons. The number of nitrogens with two attached hydrogens (primary N) is 1. The second kappa shape index (κ2) is 7.13. The molecule has 0 unspecified atom stereocenters. The SMILES string of the molecule is COC(=O)C(C)(C)c1ccc(NC(=O)C[C@@H]2CCC[C@H]2N)cc1. The molecule has 5 nitrogen and oxygen atoms in total. The average Bonchev–Trinajstić information content (AvgIpc) is 2.92. The van der Waals surface area contributed by atoms with Crippen molar-refractivity contribution in [2.75, 3.05) is 12.4 Å². The van der Waals surface area contributed by atoms with Gasteiger partial charge in [-0.2, -0.15) is 0 Å². The first-order chi connectivity index (χ1) is 10.8. The van der Waals surface area contributed by atoms with Gasteiger partial charge in [-0.3, -0.25) is 9.59 Å². The van der Waals surface area contributed by atoms with Crippen LogP contribution in [0.4, 0.5) is 5.69 Å². The largest absolute Gasteiger partial charge is 0.468 e. The summed E-state index contributed by atoms with van der Waals surface area (Å²) in [6.07, 6.45) is 3.61. The maximum absolute atomic E-state index is 12.1. The van der Waals surface area contributed by atoms with Gasteiger partial charge >= 0.3 is 5.97 Å². The molecule has 0 saturated heterocycles. The smallest absolute Gasteiger partial charge is 0.315 e. The van der Waals surface area contributed by atoms with Crippen molar-refractivity contribution in [3.63, 3.8) is 0 Å². The van der Waals surface area contributed by atoms with Gasteiger partial charge in [0.25, 0.3) is 0 Å². The van der Waals surface area contributed by atoms with Gasteiger partial charge in [0.05, 0.1) is 12.5 Å². The van der Waals surface area contributed by atoms with E-state index in [-0.39, 0.29) is 23.8 Å². The summed E-state index contributed by atoms with van der Waals surface area (Å²) in [6.45, 7) is 3.63. The van der Waals surface area contributed by atoms with Crippen molar-refractivity contribution in [2.45, 2.75) is 51.0 Å². The minimum absolute atomic E-state index is 0.00710. The molecule has 1 aliphatic carbocycles.